The molecule has 1 heterocycles. The molecule has 0 spiro atoms. The average molecular weight is 186 g/mol. The van der Waals surface area contributed by atoms with Crippen molar-refractivity contribution < 1.29 is 19.5 Å². The molecule has 1 aliphatic heterocycles. The predicted molar refractivity (Wildman–Crippen MR) is 42.0 cm³/mol. The van der Waals surface area contributed by atoms with Crippen LogP contribution < -0.4 is 0 Å². The van der Waals surface area contributed by atoms with Crippen molar-refractivity contribution in [3.63, 3.8) is 0 Å². The summed E-state index contributed by atoms with van der Waals surface area (Å²) in [5.41, 5.74) is 0. The van der Waals surface area contributed by atoms with Gasteiger partial charge in [0.1, 0.15) is 6.04 Å². The number of carbonyl (C=O) groups is 3. The van der Waals surface area contributed by atoms with Gasteiger partial charge in [0.05, 0.1) is 6.42 Å². The fraction of sp³-hybridized carbons (Fsp3) is 0.571. The quantitative estimate of drug-likeness (QED) is 0.590. The Morgan fingerprint density at radius 3 is 2.46 bits per heavy atom. The summed E-state index contributed by atoms with van der Waals surface area (Å²) < 4.78 is 0. The van der Waals surface area contributed by atoms with Crippen LogP contribution in [0.2, 0.25) is 0 Å². The second-order valence-electron chi connectivity index (χ2n) is 2.90. The Hall–Kier alpha value is -1.59. The Labute approximate surface area is 74.7 Å². The Morgan fingerprint density at radius 1 is 1.46 bits per heavy atom. The van der Waals surface area contributed by atoms with E-state index >= 15 is 0 Å². The third kappa shape index (κ3) is 1.47. The summed E-state index contributed by atoms with van der Waals surface area (Å²) in [6, 6.07) is -1.61. The number of amides is 3. The lowest BCUT2D eigenvalue weighted by atomic mass is 10.1. The zero-order chi connectivity index (χ0) is 10.2. The van der Waals surface area contributed by atoms with Gasteiger partial charge in [-0.05, 0) is 0 Å². The zero-order valence-electron chi connectivity index (χ0n) is 7.35. The van der Waals surface area contributed by atoms with Gasteiger partial charge in [0.2, 0.25) is 5.91 Å². The first-order valence-electron chi connectivity index (χ1n) is 3.71. The minimum atomic E-state index is -1.16. The number of carboxylic acid groups (broad SMARTS) is 1. The standard InChI is InChI=1S/C7H10N2O4/c1-8-4(6(11)12)3-5(10)9(2)7(8)13/h4H,3H2,1-2H3,(H,11,12). The summed E-state index contributed by atoms with van der Waals surface area (Å²) in [6.07, 6.45) is -0.159. The van der Waals surface area contributed by atoms with E-state index in [9.17, 15) is 14.4 Å². The van der Waals surface area contributed by atoms with Crippen molar-refractivity contribution in [2.45, 2.75) is 12.5 Å². The third-order valence-electron chi connectivity index (χ3n) is 2.08. The molecule has 0 bridgehead atoms. The largest absolute Gasteiger partial charge is 0.480 e. The zero-order valence-corrected chi connectivity index (χ0v) is 7.35. The van der Waals surface area contributed by atoms with E-state index in [0.717, 1.165) is 9.80 Å². The van der Waals surface area contributed by atoms with Crippen molar-refractivity contribution >= 4 is 17.9 Å². The fourth-order valence-electron chi connectivity index (χ4n) is 1.17. The molecule has 3 amide bonds. The average Bonchev–Trinajstić information content (AvgIpc) is 2.07. The molecule has 0 radical (unpaired) electrons. The van der Waals surface area contributed by atoms with Crippen LogP contribution in [-0.4, -0.2) is 53.0 Å². The van der Waals surface area contributed by atoms with E-state index in [4.69, 9.17) is 5.11 Å². The number of rotatable bonds is 1. The monoisotopic (exact) mass is 186 g/mol. The van der Waals surface area contributed by atoms with Crippen LogP contribution in [0.3, 0.4) is 0 Å². The third-order valence-corrected chi connectivity index (χ3v) is 2.08. The lowest BCUT2D eigenvalue weighted by Gasteiger charge is -2.33. The van der Waals surface area contributed by atoms with Gasteiger partial charge in [-0.15, -0.1) is 0 Å². The van der Waals surface area contributed by atoms with Crippen LogP contribution in [-0.2, 0) is 9.59 Å². The molecule has 1 fully saturated rings. The number of hydrogen-bond acceptors (Lipinski definition) is 3. The first-order valence-corrected chi connectivity index (χ1v) is 3.71. The van der Waals surface area contributed by atoms with E-state index in [-0.39, 0.29) is 6.42 Å². The van der Waals surface area contributed by atoms with Gasteiger partial charge in [-0.25, -0.2) is 9.59 Å². The maximum absolute atomic E-state index is 11.2. The molecule has 0 saturated carbocycles. The minimum Gasteiger partial charge on any atom is -0.480 e. The second kappa shape index (κ2) is 3.04. The van der Waals surface area contributed by atoms with Gasteiger partial charge in [0.15, 0.2) is 0 Å². The normalized spacial score (nSPS) is 23.7. The Kier molecular flexibility index (Phi) is 2.22. The molecule has 1 atom stereocenters. The van der Waals surface area contributed by atoms with Gasteiger partial charge < -0.3 is 10.0 Å². The summed E-state index contributed by atoms with van der Waals surface area (Å²) in [6.45, 7) is 0. The van der Waals surface area contributed by atoms with Crippen LogP contribution in [0.1, 0.15) is 6.42 Å². The van der Waals surface area contributed by atoms with Gasteiger partial charge in [0, 0.05) is 14.1 Å². The number of urea groups is 1. The van der Waals surface area contributed by atoms with Crippen molar-refractivity contribution in [1.29, 1.82) is 0 Å². The van der Waals surface area contributed by atoms with Crippen LogP contribution in [0.25, 0.3) is 0 Å². The molecule has 6 nitrogen and oxygen atoms in total. The minimum absolute atomic E-state index is 0.159. The lowest BCUT2D eigenvalue weighted by molar-refractivity contribution is -0.147. The molecule has 1 N–H and O–H groups in total. The van der Waals surface area contributed by atoms with Gasteiger partial charge in [-0.2, -0.15) is 0 Å². The van der Waals surface area contributed by atoms with Gasteiger partial charge in [-0.3, -0.25) is 9.69 Å². The molecule has 72 valence electrons. The Morgan fingerprint density at radius 2 is 2.00 bits per heavy atom. The number of carbonyl (C=O) groups excluding carboxylic acids is 2. The molecule has 1 saturated heterocycles. The van der Waals surface area contributed by atoms with Crippen LogP contribution in [0, 0.1) is 0 Å². The smallest absolute Gasteiger partial charge is 0.327 e. The van der Waals surface area contributed by atoms with E-state index in [1.165, 1.54) is 14.1 Å². The molecule has 1 aliphatic rings. The van der Waals surface area contributed by atoms with Crippen LogP contribution in [0.5, 0.6) is 0 Å². The molecule has 0 aromatic rings. The maximum atomic E-state index is 11.2. The fourth-order valence-corrected chi connectivity index (χ4v) is 1.17. The summed E-state index contributed by atoms with van der Waals surface area (Å²) in [5.74, 6) is -1.62. The number of aliphatic carboxylic acids is 1. The van der Waals surface area contributed by atoms with Crippen molar-refractivity contribution in [1.82, 2.24) is 9.80 Å². The topological polar surface area (TPSA) is 77.9 Å². The number of nitrogens with zero attached hydrogens (tertiary/aromatic N) is 2. The number of hydrogen-bond donors (Lipinski definition) is 1. The maximum Gasteiger partial charge on any atom is 0.327 e. The van der Waals surface area contributed by atoms with Gasteiger partial charge >= 0.3 is 12.0 Å². The van der Waals surface area contributed by atoms with Crippen molar-refractivity contribution in [3.05, 3.63) is 0 Å². The van der Waals surface area contributed by atoms with Crippen molar-refractivity contribution in [2.75, 3.05) is 14.1 Å². The number of likely N-dealkylation sites (N-methyl/N-ethyl adjacent to an activating group) is 1. The summed E-state index contributed by atoms with van der Waals surface area (Å²) in [4.78, 5) is 34.9. The Bertz CT molecular complexity index is 276. The van der Waals surface area contributed by atoms with Crippen LogP contribution >= 0.6 is 0 Å². The first kappa shape index (κ1) is 9.50. The van der Waals surface area contributed by atoms with E-state index in [2.05, 4.69) is 0 Å². The summed E-state index contributed by atoms with van der Waals surface area (Å²) in [5, 5.41) is 8.67. The van der Waals surface area contributed by atoms with Gasteiger partial charge in [0.25, 0.3) is 0 Å². The van der Waals surface area contributed by atoms with Gasteiger partial charge in [-0.1, -0.05) is 0 Å². The lowest BCUT2D eigenvalue weighted by Crippen LogP contribution is -2.56. The molecule has 6 heteroatoms. The van der Waals surface area contributed by atoms with E-state index < -0.39 is 23.9 Å². The molecule has 0 aromatic heterocycles. The molecule has 1 unspecified atom stereocenters. The number of carboxylic acids is 1. The molecule has 13 heavy (non-hydrogen) atoms. The highest BCUT2D eigenvalue weighted by Crippen LogP contribution is 2.13. The van der Waals surface area contributed by atoms with E-state index in [0.29, 0.717) is 0 Å². The van der Waals surface area contributed by atoms with Crippen molar-refractivity contribution in [2.24, 2.45) is 0 Å². The number of imide groups is 1. The highest BCUT2D eigenvalue weighted by atomic mass is 16.4. The van der Waals surface area contributed by atoms with Crippen LogP contribution in [0.15, 0.2) is 0 Å². The highest BCUT2D eigenvalue weighted by Gasteiger charge is 2.38. The predicted octanol–water partition coefficient (Wildman–Crippen LogP) is -0.646. The van der Waals surface area contributed by atoms with E-state index in [1.54, 1.807) is 0 Å². The molecule has 0 aromatic carbocycles. The molecular weight excluding hydrogens is 176 g/mol. The highest BCUT2D eigenvalue weighted by molar-refractivity contribution is 6.00. The molecular formula is C7H10N2O4. The second-order valence-corrected chi connectivity index (χ2v) is 2.90. The first-order chi connectivity index (χ1) is 5.95. The summed E-state index contributed by atoms with van der Waals surface area (Å²) >= 11 is 0. The van der Waals surface area contributed by atoms with Crippen LogP contribution in [0.4, 0.5) is 4.79 Å². The Balaban J connectivity index is 2.88. The molecule has 0 aliphatic carbocycles. The SMILES string of the molecule is CN1C(=O)CC(C(=O)O)N(C)C1=O. The molecule has 1 rings (SSSR count). The van der Waals surface area contributed by atoms with Crippen molar-refractivity contribution in [3.8, 4) is 0 Å². The van der Waals surface area contributed by atoms with E-state index in [1.807, 2.05) is 0 Å². The summed E-state index contributed by atoms with van der Waals surface area (Å²) in [7, 11) is 2.70.